The van der Waals surface area contributed by atoms with Gasteiger partial charge >= 0.3 is 0 Å². The Bertz CT molecular complexity index is 1200. The molecule has 3 heterocycles. The number of rotatable bonds is 7. The first-order valence-corrected chi connectivity index (χ1v) is 13.3. The van der Waals surface area contributed by atoms with Gasteiger partial charge in [-0.05, 0) is 68.0 Å². The van der Waals surface area contributed by atoms with Crippen molar-refractivity contribution in [2.45, 2.75) is 38.3 Å². The normalized spacial score (nSPS) is 19.2. The van der Waals surface area contributed by atoms with Crippen molar-refractivity contribution in [1.82, 2.24) is 14.9 Å². The van der Waals surface area contributed by atoms with Crippen molar-refractivity contribution < 1.29 is 13.9 Å². The zero-order chi connectivity index (χ0) is 25.8. The van der Waals surface area contributed by atoms with Crippen molar-refractivity contribution in [3.05, 3.63) is 70.9 Å². The number of anilines is 2. The minimum absolute atomic E-state index is 0.219. The fraction of sp³-hybridized carbons (Fsp3) is 0.429. The number of nitrogens with one attached hydrogen (secondary N) is 1. The van der Waals surface area contributed by atoms with Gasteiger partial charge in [-0.15, -0.1) is 0 Å². The minimum Gasteiger partial charge on any atom is -0.396 e. The summed E-state index contributed by atoms with van der Waals surface area (Å²) < 4.78 is 27.9. The maximum Gasteiger partial charge on any atom is 0.227 e. The van der Waals surface area contributed by atoms with Gasteiger partial charge in [0, 0.05) is 61.2 Å². The predicted octanol–water partition coefficient (Wildman–Crippen LogP) is 5.36. The molecule has 3 aromatic rings. The molecule has 2 fully saturated rings. The summed E-state index contributed by atoms with van der Waals surface area (Å²) in [7, 11) is 0. The third-order valence-corrected chi connectivity index (χ3v) is 7.70. The van der Waals surface area contributed by atoms with Crippen molar-refractivity contribution in [2.24, 2.45) is 5.92 Å². The number of hydrogen-bond donors (Lipinski definition) is 2. The number of aliphatic hydroxyl groups is 1. The Morgan fingerprint density at radius 2 is 1.81 bits per heavy atom. The van der Waals surface area contributed by atoms with Gasteiger partial charge in [0.15, 0.2) is 0 Å². The lowest BCUT2D eigenvalue weighted by Crippen LogP contribution is -2.49. The van der Waals surface area contributed by atoms with Gasteiger partial charge < -0.3 is 15.3 Å². The number of aliphatic hydroxyl groups excluding tert-OH is 1. The molecule has 0 spiro atoms. The molecule has 2 aliphatic heterocycles. The topological polar surface area (TPSA) is 64.5 Å². The molecular weight excluding hydrogens is 496 g/mol. The first-order valence-electron chi connectivity index (χ1n) is 12.9. The van der Waals surface area contributed by atoms with Crippen LogP contribution in [0.2, 0.25) is 5.02 Å². The number of likely N-dealkylation sites (tertiary alicyclic amines) is 1. The summed E-state index contributed by atoms with van der Waals surface area (Å²) in [5.74, 6) is 0.861. The summed E-state index contributed by atoms with van der Waals surface area (Å²) in [5, 5.41) is 13.2. The number of hydrogen-bond acceptors (Lipinski definition) is 6. The van der Waals surface area contributed by atoms with Gasteiger partial charge in [-0.2, -0.15) is 4.98 Å². The average molecular weight is 528 g/mol. The molecule has 0 aliphatic carbocycles. The summed E-state index contributed by atoms with van der Waals surface area (Å²) >= 11 is 5.90. The second-order valence-electron chi connectivity index (χ2n) is 9.93. The lowest BCUT2D eigenvalue weighted by Gasteiger charge is -2.42. The van der Waals surface area contributed by atoms with Gasteiger partial charge in [-0.1, -0.05) is 29.8 Å². The summed E-state index contributed by atoms with van der Waals surface area (Å²) in [6.07, 6.45) is 6.02. The van der Waals surface area contributed by atoms with Crippen LogP contribution in [0.25, 0.3) is 11.1 Å². The van der Waals surface area contributed by atoms with E-state index in [1.54, 1.807) is 30.5 Å². The van der Waals surface area contributed by atoms with Crippen LogP contribution in [-0.2, 0) is 6.54 Å². The maximum absolute atomic E-state index is 14.4. The van der Waals surface area contributed by atoms with Gasteiger partial charge in [0.25, 0.3) is 0 Å². The Hall–Kier alpha value is -2.81. The van der Waals surface area contributed by atoms with E-state index in [9.17, 15) is 13.9 Å². The van der Waals surface area contributed by atoms with E-state index < -0.39 is 0 Å². The van der Waals surface area contributed by atoms with Crippen LogP contribution in [0.5, 0.6) is 0 Å². The molecule has 37 heavy (non-hydrogen) atoms. The third-order valence-electron chi connectivity index (χ3n) is 7.46. The molecule has 6 nitrogen and oxygen atoms in total. The molecule has 196 valence electrons. The zero-order valence-corrected chi connectivity index (χ0v) is 21.5. The fourth-order valence-corrected chi connectivity index (χ4v) is 5.51. The monoisotopic (exact) mass is 527 g/mol. The van der Waals surface area contributed by atoms with Crippen LogP contribution < -0.4 is 10.2 Å². The standard InChI is InChI=1S/C28H32ClF2N5O/c29-22-6-3-21(26(31)14-22)15-32-27-25(20-4-7-23(30)8-5-20)16-33-28(34-27)35-12-9-24(10-13-35)36-11-1-2-19(17-36)18-37/h3-8,14,16,19,24,37H,1-2,9-13,15,17-18H2,(H,32,33,34). The molecule has 2 N–H and O–H groups in total. The van der Waals surface area contributed by atoms with Crippen LogP contribution in [0.4, 0.5) is 20.5 Å². The minimum atomic E-state index is -0.388. The quantitative estimate of drug-likeness (QED) is 0.431. The molecule has 2 aromatic carbocycles. The molecule has 0 amide bonds. The van der Waals surface area contributed by atoms with Crippen molar-refractivity contribution in [3.8, 4) is 11.1 Å². The van der Waals surface area contributed by atoms with E-state index in [4.69, 9.17) is 16.6 Å². The number of nitrogens with zero attached hydrogens (tertiary/aromatic N) is 4. The van der Waals surface area contributed by atoms with E-state index in [-0.39, 0.29) is 24.8 Å². The highest BCUT2D eigenvalue weighted by Crippen LogP contribution is 2.30. The Labute approximate surface area is 221 Å². The molecular formula is C28H32ClF2N5O. The molecule has 9 heteroatoms. The van der Waals surface area contributed by atoms with Gasteiger partial charge in [-0.3, -0.25) is 4.90 Å². The van der Waals surface area contributed by atoms with Gasteiger partial charge in [0.05, 0.1) is 0 Å². The molecule has 2 saturated heterocycles. The van der Waals surface area contributed by atoms with E-state index in [2.05, 4.69) is 20.1 Å². The highest BCUT2D eigenvalue weighted by atomic mass is 35.5. The fourth-order valence-electron chi connectivity index (χ4n) is 5.35. The van der Waals surface area contributed by atoms with E-state index in [0.717, 1.165) is 63.0 Å². The molecule has 1 atom stereocenters. The molecule has 1 unspecified atom stereocenters. The largest absolute Gasteiger partial charge is 0.396 e. The summed E-state index contributed by atoms with van der Waals surface area (Å²) in [6, 6.07) is 11.3. The Balaban J connectivity index is 1.33. The highest BCUT2D eigenvalue weighted by molar-refractivity contribution is 6.30. The zero-order valence-electron chi connectivity index (χ0n) is 20.7. The SMILES string of the molecule is OCC1CCCN(C2CCN(c3ncc(-c4ccc(F)cc4)c(NCc4ccc(Cl)cc4F)n3)CC2)C1. The second-order valence-corrected chi connectivity index (χ2v) is 10.4. The Morgan fingerprint density at radius 1 is 1.03 bits per heavy atom. The lowest BCUT2D eigenvalue weighted by molar-refractivity contribution is 0.0776. The van der Waals surface area contributed by atoms with E-state index in [1.807, 2.05) is 0 Å². The number of benzene rings is 2. The average Bonchev–Trinajstić information content (AvgIpc) is 2.93. The van der Waals surface area contributed by atoms with E-state index in [1.165, 1.54) is 18.2 Å². The van der Waals surface area contributed by atoms with Crippen molar-refractivity contribution in [3.63, 3.8) is 0 Å². The molecule has 2 aliphatic rings. The first kappa shape index (κ1) is 25.8. The van der Waals surface area contributed by atoms with Crippen LogP contribution in [0.1, 0.15) is 31.2 Å². The molecule has 0 bridgehead atoms. The van der Waals surface area contributed by atoms with Crippen LogP contribution >= 0.6 is 11.6 Å². The molecule has 1 aromatic heterocycles. The Kier molecular flexibility index (Phi) is 8.17. The van der Waals surface area contributed by atoms with E-state index >= 15 is 0 Å². The number of piperidine rings is 2. The van der Waals surface area contributed by atoms with Crippen molar-refractivity contribution >= 4 is 23.4 Å². The van der Waals surface area contributed by atoms with Crippen LogP contribution in [0.3, 0.4) is 0 Å². The summed E-state index contributed by atoms with van der Waals surface area (Å²) in [5.41, 5.74) is 1.96. The molecule has 0 radical (unpaired) electrons. The smallest absolute Gasteiger partial charge is 0.227 e. The maximum atomic E-state index is 14.4. The number of halogens is 3. The highest BCUT2D eigenvalue weighted by Gasteiger charge is 2.29. The van der Waals surface area contributed by atoms with Crippen LogP contribution in [0.15, 0.2) is 48.7 Å². The van der Waals surface area contributed by atoms with Gasteiger partial charge in [-0.25, -0.2) is 13.8 Å². The molecule has 5 rings (SSSR count). The van der Waals surface area contributed by atoms with Gasteiger partial charge in [0.2, 0.25) is 5.95 Å². The predicted molar refractivity (Wildman–Crippen MR) is 143 cm³/mol. The third kappa shape index (κ3) is 6.20. The van der Waals surface area contributed by atoms with Crippen LogP contribution in [0, 0.1) is 17.6 Å². The second kappa shape index (κ2) is 11.7. The lowest BCUT2D eigenvalue weighted by atomic mass is 9.94. The van der Waals surface area contributed by atoms with Crippen molar-refractivity contribution in [2.75, 3.05) is 43.0 Å². The first-order chi connectivity index (χ1) is 18.0. The van der Waals surface area contributed by atoms with Crippen molar-refractivity contribution in [1.29, 1.82) is 0 Å². The summed E-state index contributed by atoms with van der Waals surface area (Å²) in [4.78, 5) is 14.2. The Morgan fingerprint density at radius 3 is 2.54 bits per heavy atom. The van der Waals surface area contributed by atoms with Crippen LogP contribution in [-0.4, -0.2) is 58.8 Å². The summed E-state index contributed by atoms with van der Waals surface area (Å²) in [6.45, 7) is 4.23. The number of aromatic nitrogens is 2. The molecule has 0 saturated carbocycles. The van der Waals surface area contributed by atoms with E-state index in [0.29, 0.717) is 34.3 Å². The van der Waals surface area contributed by atoms with Gasteiger partial charge in [0.1, 0.15) is 17.5 Å².